The van der Waals surface area contributed by atoms with Gasteiger partial charge in [-0.15, -0.1) is 0 Å². The minimum absolute atomic E-state index is 0.153. The number of methoxy groups -OCH3 is 1. The quantitative estimate of drug-likeness (QED) is 0.755. The summed E-state index contributed by atoms with van der Waals surface area (Å²) in [5.74, 6) is 0.614. The van der Waals surface area contributed by atoms with Gasteiger partial charge in [0.15, 0.2) is 0 Å². The molecule has 0 aromatic heterocycles. The molecule has 1 rings (SSSR count). The van der Waals surface area contributed by atoms with E-state index in [1.54, 1.807) is 14.0 Å². The van der Waals surface area contributed by atoms with Crippen LogP contribution in [-0.2, 0) is 9.53 Å². The molecule has 0 aliphatic carbocycles. The normalized spacial score (nSPS) is 11.9. The van der Waals surface area contributed by atoms with Gasteiger partial charge in [0, 0.05) is 6.04 Å². The van der Waals surface area contributed by atoms with E-state index in [0.717, 1.165) is 17.7 Å². The Morgan fingerprint density at radius 2 is 1.94 bits per heavy atom. The molecule has 0 radical (unpaired) electrons. The average molecular weight is 251 g/mol. The summed E-state index contributed by atoms with van der Waals surface area (Å²) in [6.45, 7) is 4.53. The second kappa shape index (κ2) is 7.71. The van der Waals surface area contributed by atoms with Crippen LogP contribution in [0.5, 0.6) is 5.75 Å². The predicted molar refractivity (Wildman–Crippen MR) is 70.7 cm³/mol. The summed E-state index contributed by atoms with van der Waals surface area (Å²) >= 11 is 0. The Morgan fingerprint density at radius 3 is 2.44 bits per heavy atom. The van der Waals surface area contributed by atoms with Gasteiger partial charge in [0.1, 0.15) is 5.75 Å². The number of hydrogen-bond donors (Lipinski definition) is 1. The first-order valence-corrected chi connectivity index (χ1v) is 6.24. The molecule has 18 heavy (non-hydrogen) atoms. The third-order valence-electron chi connectivity index (χ3n) is 2.72. The Kier molecular flexibility index (Phi) is 6.22. The highest BCUT2D eigenvalue weighted by molar-refractivity contribution is 5.71. The molecule has 0 fully saturated rings. The fraction of sp³-hybridized carbons (Fsp3) is 0.500. The highest BCUT2D eigenvalue weighted by atomic mass is 16.5. The standard InChI is InChI=1S/C14H21NO3/c1-4-13(15-10-14(16)18-5-2)11-6-8-12(17-3)9-7-11/h6-9,13,15H,4-5,10H2,1-3H3. The third-order valence-corrected chi connectivity index (χ3v) is 2.72. The lowest BCUT2D eigenvalue weighted by atomic mass is 10.0. The molecule has 0 amide bonds. The summed E-state index contributed by atoms with van der Waals surface area (Å²) < 4.78 is 10.0. The van der Waals surface area contributed by atoms with Crippen molar-refractivity contribution >= 4 is 5.97 Å². The second-order valence-corrected chi connectivity index (χ2v) is 3.92. The first-order chi connectivity index (χ1) is 8.71. The number of hydrogen-bond acceptors (Lipinski definition) is 4. The fourth-order valence-electron chi connectivity index (χ4n) is 1.75. The van der Waals surface area contributed by atoms with Gasteiger partial charge in [-0.25, -0.2) is 0 Å². The van der Waals surface area contributed by atoms with Gasteiger partial charge in [-0.2, -0.15) is 0 Å². The van der Waals surface area contributed by atoms with E-state index in [9.17, 15) is 4.79 Å². The van der Waals surface area contributed by atoms with Crippen molar-refractivity contribution in [1.82, 2.24) is 5.32 Å². The van der Waals surface area contributed by atoms with Crippen molar-refractivity contribution < 1.29 is 14.3 Å². The Morgan fingerprint density at radius 1 is 1.28 bits per heavy atom. The van der Waals surface area contributed by atoms with E-state index in [1.807, 2.05) is 24.3 Å². The van der Waals surface area contributed by atoms with Crippen LogP contribution >= 0.6 is 0 Å². The van der Waals surface area contributed by atoms with Gasteiger partial charge in [-0.3, -0.25) is 4.79 Å². The van der Waals surface area contributed by atoms with Crippen LogP contribution in [0.2, 0.25) is 0 Å². The van der Waals surface area contributed by atoms with E-state index < -0.39 is 0 Å². The van der Waals surface area contributed by atoms with Crippen LogP contribution in [-0.4, -0.2) is 26.2 Å². The van der Waals surface area contributed by atoms with Crippen molar-refractivity contribution in [2.45, 2.75) is 26.3 Å². The summed E-state index contributed by atoms with van der Waals surface area (Å²) in [4.78, 5) is 11.3. The molecule has 4 heteroatoms. The number of nitrogens with one attached hydrogen (secondary N) is 1. The minimum Gasteiger partial charge on any atom is -0.497 e. The van der Waals surface area contributed by atoms with E-state index >= 15 is 0 Å². The van der Waals surface area contributed by atoms with Crippen molar-refractivity contribution in [3.8, 4) is 5.75 Å². The highest BCUT2D eigenvalue weighted by Gasteiger charge is 2.11. The molecule has 0 saturated heterocycles. The second-order valence-electron chi connectivity index (χ2n) is 3.92. The van der Waals surface area contributed by atoms with Gasteiger partial charge in [0.2, 0.25) is 0 Å². The zero-order valence-corrected chi connectivity index (χ0v) is 11.2. The molecule has 4 nitrogen and oxygen atoms in total. The number of rotatable bonds is 7. The van der Waals surface area contributed by atoms with Crippen molar-refractivity contribution in [2.75, 3.05) is 20.3 Å². The largest absolute Gasteiger partial charge is 0.497 e. The van der Waals surface area contributed by atoms with E-state index in [2.05, 4.69) is 12.2 Å². The lowest BCUT2D eigenvalue weighted by Gasteiger charge is -2.17. The Hall–Kier alpha value is -1.55. The van der Waals surface area contributed by atoms with Gasteiger partial charge < -0.3 is 14.8 Å². The number of esters is 1. The number of ether oxygens (including phenoxy) is 2. The maximum absolute atomic E-state index is 11.3. The Balaban J connectivity index is 2.56. The number of carbonyl (C=O) groups excluding carboxylic acids is 1. The van der Waals surface area contributed by atoms with Gasteiger partial charge in [0.05, 0.1) is 20.3 Å². The van der Waals surface area contributed by atoms with E-state index in [-0.39, 0.29) is 18.6 Å². The molecule has 1 aromatic carbocycles. The fourth-order valence-corrected chi connectivity index (χ4v) is 1.75. The lowest BCUT2D eigenvalue weighted by molar-refractivity contribution is -0.142. The van der Waals surface area contributed by atoms with Crippen LogP contribution in [0, 0.1) is 0 Å². The maximum atomic E-state index is 11.3. The van der Waals surface area contributed by atoms with Gasteiger partial charge in [-0.1, -0.05) is 19.1 Å². The zero-order chi connectivity index (χ0) is 13.4. The molecule has 1 unspecified atom stereocenters. The molecule has 0 spiro atoms. The van der Waals surface area contributed by atoms with Gasteiger partial charge in [-0.05, 0) is 31.0 Å². The maximum Gasteiger partial charge on any atom is 0.319 e. The molecule has 0 heterocycles. The average Bonchev–Trinajstić information content (AvgIpc) is 2.40. The molecular formula is C14H21NO3. The van der Waals surface area contributed by atoms with Crippen molar-refractivity contribution in [1.29, 1.82) is 0 Å². The first-order valence-electron chi connectivity index (χ1n) is 6.24. The van der Waals surface area contributed by atoms with Crippen LogP contribution in [0.15, 0.2) is 24.3 Å². The predicted octanol–water partition coefficient (Wildman–Crippen LogP) is 2.30. The number of carbonyl (C=O) groups is 1. The molecule has 0 saturated carbocycles. The molecule has 1 atom stereocenters. The summed E-state index contributed by atoms with van der Waals surface area (Å²) in [7, 11) is 1.64. The monoisotopic (exact) mass is 251 g/mol. The summed E-state index contributed by atoms with van der Waals surface area (Å²) in [6.07, 6.45) is 0.908. The van der Waals surface area contributed by atoms with E-state index in [4.69, 9.17) is 9.47 Å². The highest BCUT2D eigenvalue weighted by Crippen LogP contribution is 2.19. The molecule has 0 aliphatic heterocycles. The van der Waals surface area contributed by atoms with Crippen molar-refractivity contribution in [3.63, 3.8) is 0 Å². The summed E-state index contributed by atoms with van der Waals surface area (Å²) in [5.41, 5.74) is 1.14. The molecule has 0 aliphatic rings. The minimum atomic E-state index is -0.218. The Bertz CT molecular complexity index is 362. The van der Waals surface area contributed by atoms with Gasteiger partial charge in [0.25, 0.3) is 0 Å². The summed E-state index contributed by atoms with van der Waals surface area (Å²) in [5, 5.41) is 3.19. The van der Waals surface area contributed by atoms with Crippen LogP contribution < -0.4 is 10.1 Å². The number of benzene rings is 1. The molecular weight excluding hydrogens is 230 g/mol. The molecule has 1 N–H and O–H groups in total. The summed E-state index contributed by atoms with van der Waals surface area (Å²) in [6, 6.07) is 8.00. The van der Waals surface area contributed by atoms with Crippen LogP contribution in [0.25, 0.3) is 0 Å². The third kappa shape index (κ3) is 4.37. The van der Waals surface area contributed by atoms with Crippen molar-refractivity contribution in [2.24, 2.45) is 0 Å². The van der Waals surface area contributed by atoms with E-state index in [1.165, 1.54) is 0 Å². The smallest absolute Gasteiger partial charge is 0.319 e. The SMILES string of the molecule is CCOC(=O)CNC(CC)c1ccc(OC)cc1. The molecule has 0 bridgehead atoms. The topological polar surface area (TPSA) is 47.6 Å². The zero-order valence-electron chi connectivity index (χ0n) is 11.2. The first kappa shape index (κ1) is 14.5. The van der Waals surface area contributed by atoms with Crippen LogP contribution in [0.3, 0.4) is 0 Å². The van der Waals surface area contributed by atoms with Crippen LogP contribution in [0.4, 0.5) is 0 Å². The van der Waals surface area contributed by atoms with Gasteiger partial charge >= 0.3 is 5.97 Å². The van der Waals surface area contributed by atoms with Crippen molar-refractivity contribution in [3.05, 3.63) is 29.8 Å². The molecule has 1 aromatic rings. The van der Waals surface area contributed by atoms with Crippen LogP contribution in [0.1, 0.15) is 31.9 Å². The molecule has 100 valence electrons. The lowest BCUT2D eigenvalue weighted by Crippen LogP contribution is -2.28. The van der Waals surface area contributed by atoms with E-state index in [0.29, 0.717) is 6.61 Å². The Labute approximate surface area is 108 Å².